The summed E-state index contributed by atoms with van der Waals surface area (Å²) >= 11 is 0. The van der Waals surface area contributed by atoms with Crippen molar-refractivity contribution in [1.82, 2.24) is 20.1 Å². The van der Waals surface area contributed by atoms with E-state index >= 15 is 0 Å². The molecule has 0 saturated heterocycles. The minimum Gasteiger partial charge on any atom is -0.416 e. The van der Waals surface area contributed by atoms with Gasteiger partial charge in [-0.15, -0.1) is 10.2 Å². The second-order valence-electron chi connectivity index (χ2n) is 8.62. The van der Waals surface area contributed by atoms with Crippen LogP contribution >= 0.6 is 0 Å². The Morgan fingerprint density at radius 3 is 2.43 bits per heavy atom. The third-order valence-corrected chi connectivity index (χ3v) is 5.99. The van der Waals surface area contributed by atoms with E-state index in [1.54, 1.807) is 30.3 Å². The lowest BCUT2D eigenvalue weighted by molar-refractivity contribution is -0.277. The molecule has 14 heteroatoms. The Bertz CT molecular complexity index is 1280. The summed E-state index contributed by atoms with van der Waals surface area (Å²) in [4.78, 5) is 18.2. The number of anilines is 1. The number of nitrogens with zero attached hydrogens (tertiary/aromatic N) is 4. The molecule has 1 aliphatic rings. The molecular weight excluding hydrogens is 508 g/mol. The normalized spacial score (nSPS) is 19.5. The molecule has 198 valence electrons. The summed E-state index contributed by atoms with van der Waals surface area (Å²) in [7, 11) is 0. The van der Waals surface area contributed by atoms with Gasteiger partial charge in [0.25, 0.3) is 11.8 Å². The quantitative estimate of drug-likeness (QED) is 0.477. The zero-order valence-corrected chi connectivity index (χ0v) is 19.1. The summed E-state index contributed by atoms with van der Waals surface area (Å²) in [6.07, 6.45) is -12.0. The fourth-order valence-corrected chi connectivity index (χ4v) is 4.01. The van der Waals surface area contributed by atoms with E-state index in [2.05, 4.69) is 15.2 Å². The Hall–Kier alpha value is -3.68. The number of benzene rings is 1. The Balaban J connectivity index is 1.83. The van der Waals surface area contributed by atoms with Crippen LogP contribution in [0.5, 0.6) is 0 Å². The molecule has 0 aliphatic carbocycles. The smallest absolute Gasteiger partial charge is 0.416 e. The van der Waals surface area contributed by atoms with Gasteiger partial charge in [0.1, 0.15) is 0 Å². The van der Waals surface area contributed by atoms with Crippen molar-refractivity contribution in [2.24, 2.45) is 0 Å². The number of aliphatic hydroxyl groups is 1. The van der Waals surface area contributed by atoms with E-state index in [0.29, 0.717) is 11.6 Å². The second kappa shape index (κ2) is 9.65. The highest BCUT2D eigenvalue weighted by atomic mass is 19.4. The monoisotopic (exact) mass is 529 g/mol. The van der Waals surface area contributed by atoms with Gasteiger partial charge in [0.15, 0.2) is 5.69 Å². The standard InChI is InChI=1S/C23H21F6N5O3/c24-22(25,26)14-10-15(30)18-19-32-33-20(37-19)21(36,23(27,28)29)8-4-5-9-34(17(35)11-16(14)31-18)12-13-6-2-1-3-7-13/h1-3,6-7,10,36H,4-5,8-9,11-12,30H2. The van der Waals surface area contributed by atoms with Crippen LogP contribution in [0.15, 0.2) is 40.8 Å². The summed E-state index contributed by atoms with van der Waals surface area (Å²) in [6, 6.07) is 9.07. The van der Waals surface area contributed by atoms with Gasteiger partial charge in [-0.3, -0.25) is 4.79 Å². The third-order valence-electron chi connectivity index (χ3n) is 5.99. The summed E-state index contributed by atoms with van der Waals surface area (Å²) in [6.45, 7) is -0.0746. The van der Waals surface area contributed by atoms with Gasteiger partial charge in [-0.25, -0.2) is 4.98 Å². The van der Waals surface area contributed by atoms with E-state index in [-0.39, 0.29) is 25.9 Å². The van der Waals surface area contributed by atoms with Crippen LogP contribution in [-0.4, -0.2) is 43.8 Å². The van der Waals surface area contributed by atoms with Gasteiger partial charge < -0.3 is 20.2 Å². The first-order valence-corrected chi connectivity index (χ1v) is 11.1. The predicted octanol–water partition coefficient (Wildman–Crippen LogP) is 4.24. The van der Waals surface area contributed by atoms with Crippen LogP contribution in [-0.2, 0) is 29.5 Å². The molecule has 3 N–H and O–H groups in total. The maximum Gasteiger partial charge on any atom is 0.426 e. The van der Waals surface area contributed by atoms with Crippen LogP contribution in [0.25, 0.3) is 11.6 Å². The molecule has 1 amide bonds. The van der Waals surface area contributed by atoms with E-state index < -0.39 is 71.1 Å². The minimum atomic E-state index is -5.21. The topological polar surface area (TPSA) is 118 Å². The maximum atomic E-state index is 13.9. The van der Waals surface area contributed by atoms with Crippen molar-refractivity contribution in [1.29, 1.82) is 0 Å². The molecule has 8 nitrogen and oxygen atoms in total. The van der Waals surface area contributed by atoms with Gasteiger partial charge in [-0.1, -0.05) is 30.3 Å². The first kappa shape index (κ1) is 26.4. The summed E-state index contributed by atoms with van der Waals surface area (Å²) in [5, 5.41) is 17.3. The van der Waals surface area contributed by atoms with Crippen LogP contribution < -0.4 is 5.73 Å². The number of carbonyl (C=O) groups is 1. The van der Waals surface area contributed by atoms with Gasteiger partial charge >= 0.3 is 12.4 Å². The molecule has 1 aromatic carbocycles. The van der Waals surface area contributed by atoms with Crippen molar-refractivity contribution in [3.63, 3.8) is 0 Å². The van der Waals surface area contributed by atoms with Crippen molar-refractivity contribution in [3.05, 3.63) is 59.1 Å². The van der Waals surface area contributed by atoms with Crippen molar-refractivity contribution >= 4 is 11.6 Å². The zero-order chi connectivity index (χ0) is 27.0. The highest BCUT2D eigenvalue weighted by Crippen LogP contribution is 2.43. The van der Waals surface area contributed by atoms with Gasteiger partial charge in [0.2, 0.25) is 11.5 Å². The molecule has 0 fully saturated rings. The van der Waals surface area contributed by atoms with Gasteiger partial charge in [0, 0.05) is 13.1 Å². The lowest BCUT2D eigenvalue weighted by Gasteiger charge is -2.28. The van der Waals surface area contributed by atoms with E-state index in [1.165, 1.54) is 4.90 Å². The lowest BCUT2D eigenvalue weighted by atomic mass is 9.95. The molecule has 4 bridgehead atoms. The molecule has 0 spiro atoms. The number of nitrogen functional groups attached to an aromatic ring is 1. The number of rotatable bonds is 2. The summed E-state index contributed by atoms with van der Waals surface area (Å²) in [5.74, 6) is -2.64. The van der Waals surface area contributed by atoms with Crippen LogP contribution in [0.4, 0.5) is 32.0 Å². The zero-order valence-electron chi connectivity index (χ0n) is 19.1. The highest BCUT2D eigenvalue weighted by molar-refractivity contribution is 5.79. The Morgan fingerprint density at radius 2 is 1.78 bits per heavy atom. The van der Waals surface area contributed by atoms with Crippen molar-refractivity contribution in [2.75, 3.05) is 12.3 Å². The average Bonchev–Trinajstić information content (AvgIpc) is 3.31. The predicted molar refractivity (Wildman–Crippen MR) is 116 cm³/mol. The van der Waals surface area contributed by atoms with Gasteiger partial charge in [-0.05, 0) is 30.9 Å². The Labute approximate surface area is 206 Å². The van der Waals surface area contributed by atoms with Crippen molar-refractivity contribution < 1.29 is 40.7 Å². The number of fused-ring (bicyclic) bond motifs is 5. The molecule has 1 aliphatic heterocycles. The van der Waals surface area contributed by atoms with Crippen LogP contribution in [0.1, 0.15) is 42.0 Å². The SMILES string of the molecule is Nc1cc(C(F)(F)F)c2nc1-c1nnc(o1)C(O)(C(F)(F)F)CCCCN(Cc1ccccc1)C(=O)C2. The largest absolute Gasteiger partial charge is 0.426 e. The summed E-state index contributed by atoms with van der Waals surface area (Å²) in [5.41, 5.74) is -0.273. The lowest BCUT2D eigenvalue weighted by Crippen LogP contribution is -2.43. The van der Waals surface area contributed by atoms with E-state index in [0.717, 1.165) is 0 Å². The number of nitrogens with two attached hydrogens (primary N) is 1. The number of carbonyl (C=O) groups excluding carboxylic acids is 1. The molecule has 2 aromatic heterocycles. The number of aromatic nitrogens is 3. The number of halogens is 6. The van der Waals surface area contributed by atoms with Crippen LogP contribution in [0, 0.1) is 0 Å². The van der Waals surface area contributed by atoms with E-state index in [9.17, 15) is 36.2 Å². The summed E-state index contributed by atoms with van der Waals surface area (Å²) < 4.78 is 88.0. The molecule has 3 heterocycles. The third kappa shape index (κ3) is 5.38. The first-order valence-electron chi connectivity index (χ1n) is 11.1. The Kier molecular flexibility index (Phi) is 6.88. The van der Waals surface area contributed by atoms with Crippen molar-refractivity contribution in [2.45, 2.75) is 50.2 Å². The van der Waals surface area contributed by atoms with E-state index in [1.807, 2.05) is 0 Å². The van der Waals surface area contributed by atoms with Crippen LogP contribution in [0.3, 0.4) is 0 Å². The molecule has 0 radical (unpaired) electrons. The second-order valence-corrected chi connectivity index (χ2v) is 8.62. The molecule has 0 saturated carbocycles. The van der Waals surface area contributed by atoms with Crippen LogP contribution in [0.2, 0.25) is 0 Å². The molecule has 3 aromatic rings. The fraction of sp³-hybridized carbons (Fsp3) is 0.391. The fourth-order valence-electron chi connectivity index (χ4n) is 4.01. The number of alkyl halides is 6. The molecule has 1 atom stereocenters. The van der Waals surface area contributed by atoms with Gasteiger partial charge in [0.05, 0.1) is 23.4 Å². The number of hydrogen-bond acceptors (Lipinski definition) is 7. The van der Waals surface area contributed by atoms with Crippen molar-refractivity contribution in [3.8, 4) is 11.6 Å². The number of amides is 1. The average molecular weight is 529 g/mol. The maximum absolute atomic E-state index is 13.9. The molecule has 1 unspecified atom stereocenters. The molecule has 37 heavy (non-hydrogen) atoms. The Morgan fingerprint density at radius 1 is 1.08 bits per heavy atom. The molecular formula is C23H21F6N5O3. The van der Waals surface area contributed by atoms with E-state index in [4.69, 9.17) is 10.2 Å². The highest BCUT2D eigenvalue weighted by Gasteiger charge is 2.58. The van der Waals surface area contributed by atoms with Gasteiger partial charge in [-0.2, -0.15) is 26.3 Å². The molecule has 4 rings (SSSR count). The first-order chi connectivity index (χ1) is 17.3. The number of pyridine rings is 1. The number of hydrogen-bond donors (Lipinski definition) is 2. The minimum absolute atomic E-state index is 0.00447.